The van der Waals surface area contributed by atoms with E-state index in [2.05, 4.69) is 27.5 Å². The minimum atomic E-state index is -0.472. The van der Waals surface area contributed by atoms with Crippen LogP contribution in [0.1, 0.15) is 50.4 Å². The van der Waals surface area contributed by atoms with Crippen molar-refractivity contribution in [3.63, 3.8) is 0 Å². The molecule has 0 aliphatic heterocycles. The average molecular weight is 509 g/mol. The van der Waals surface area contributed by atoms with Gasteiger partial charge in [0.2, 0.25) is 0 Å². The Morgan fingerprint density at radius 2 is 2.11 bits per heavy atom. The van der Waals surface area contributed by atoms with Gasteiger partial charge in [-0.25, -0.2) is 9.78 Å². The Balaban J connectivity index is 0.00000364. The van der Waals surface area contributed by atoms with E-state index in [0.29, 0.717) is 31.6 Å². The molecule has 0 radical (unpaired) electrons. The van der Waals surface area contributed by atoms with E-state index in [4.69, 9.17) is 4.74 Å². The fraction of sp³-hybridized carbons (Fsp3) is 0.722. The van der Waals surface area contributed by atoms with E-state index in [0.717, 1.165) is 24.3 Å². The number of carbonyl (C=O) groups is 1. The van der Waals surface area contributed by atoms with Gasteiger partial charge in [-0.05, 0) is 40.0 Å². The molecule has 1 aliphatic carbocycles. The largest absolute Gasteiger partial charge is 0.444 e. The number of aromatic nitrogens is 1. The lowest BCUT2D eigenvalue weighted by Crippen LogP contribution is -2.45. The SMILES string of the molecule is CCc1cnc(CNC(=NC)NCCN(C(=O)OC(C)(C)C)C2CC2)s1.I. The first-order valence-electron chi connectivity index (χ1n) is 9.20. The summed E-state index contributed by atoms with van der Waals surface area (Å²) < 4.78 is 5.51. The summed E-state index contributed by atoms with van der Waals surface area (Å²) in [6, 6.07) is 0.310. The Kier molecular flexibility index (Phi) is 9.78. The maximum Gasteiger partial charge on any atom is 0.410 e. The van der Waals surface area contributed by atoms with E-state index in [-0.39, 0.29) is 30.1 Å². The van der Waals surface area contributed by atoms with Crippen molar-refractivity contribution in [2.45, 2.75) is 65.1 Å². The number of aryl methyl sites for hydroxylation is 1. The second-order valence-electron chi connectivity index (χ2n) is 7.33. The Hall–Kier alpha value is -1.10. The summed E-state index contributed by atoms with van der Waals surface area (Å²) in [5.41, 5.74) is -0.472. The highest BCUT2D eigenvalue weighted by Crippen LogP contribution is 2.28. The summed E-state index contributed by atoms with van der Waals surface area (Å²) in [6.45, 7) is 9.66. The second-order valence-corrected chi connectivity index (χ2v) is 8.53. The quantitative estimate of drug-likeness (QED) is 0.335. The summed E-state index contributed by atoms with van der Waals surface area (Å²) in [4.78, 5) is 24.1. The number of rotatable bonds is 7. The highest BCUT2D eigenvalue weighted by Gasteiger charge is 2.34. The molecular weight excluding hydrogens is 477 g/mol. The third-order valence-electron chi connectivity index (χ3n) is 3.84. The lowest BCUT2D eigenvalue weighted by molar-refractivity contribution is 0.0238. The predicted molar refractivity (Wildman–Crippen MR) is 121 cm³/mol. The third-order valence-corrected chi connectivity index (χ3v) is 4.98. The molecule has 7 nitrogen and oxygen atoms in total. The van der Waals surface area contributed by atoms with Gasteiger partial charge in [-0.2, -0.15) is 0 Å². The first kappa shape index (κ1) is 23.9. The minimum absolute atomic E-state index is 0. The monoisotopic (exact) mass is 509 g/mol. The van der Waals surface area contributed by atoms with Crippen LogP contribution in [0.25, 0.3) is 0 Å². The highest BCUT2D eigenvalue weighted by molar-refractivity contribution is 14.0. The number of amides is 1. The van der Waals surface area contributed by atoms with Gasteiger partial charge < -0.3 is 20.3 Å². The van der Waals surface area contributed by atoms with Gasteiger partial charge >= 0.3 is 6.09 Å². The smallest absolute Gasteiger partial charge is 0.410 e. The Labute approximate surface area is 183 Å². The van der Waals surface area contributed by atoms with Gasteiger partial charge in [-0.15, -0.1) is 35.3 Å². The molecule has 2 N–H and O–H groups in total. The predicted octanol–water partition coefficient (Wildman–Crippen LogP) is 3.39. The van der Waals surface area contributed by atoms with Gasteiger partial charge in [-0.3, -0.25) is 4.99 Å². The number of nitrogens with zero attached hydrogens (tertiary/aromatic N) is 3. The standard InChI is InChI=1S/C18H31N5O2S.HI/c1-6-14-11-21-15(26-14)12-22-16(19-5)20-9-10-23(13-7-8-13)17(24)25-18(2,3)4;/h11,13H,6-10,12H2,1-5H3,(H2,19,20,22);1H. The van der Waals surface area contributed by atoms with Crippen molar-refractivity contribution in [2.24, 2.45) is 4.99 Å². The number of thiazole rings is 1. The van der Waals surface area contributed by atoms with Gasteiger partial charge in [0.15, 0.2) is 5.96 Å². The molecule has 0 saturated heterocycles. The number of guanidine groups is 1. The molecule has 0 aromatic carbocycles. The average Bonchev–Trinajstić information content (AvgIpc) is 3.30. The van der Waals surface area contributed by atoms with E-state index >= 15 is 0 Å². The molecule has 1 aromatic rings. The molecular formula is C18H32IN5O2S. The van der Waals surface area contributed by atoms with E-state index in [1.54, 1.807) is 18.4 Å². The van der Waals surface area contributed by atoms with Crippen LogP contribution in [0.5, 0.6) is 0 Å². The molecule has 2 rings (SSSR count). The molecule has 1 fully saturated rings. The summed E-state index contributed by atoms with van der Waals surface area (Å²) in [7, 11) is 1.74. The molecule has 1 saturated carbocycles. The van der Waals surface area contributed by atoms with E-state index in [1.165, 1.54) is 4.88 Å². The number of hydrogen-bond acceptors (Lipinski definition) is 5. The van der Waals surface area contributed by atoms with Crippen LogP contribution in [0.3, 0.4) is 0 Å². The molecule has 27 heavy (non-hydrogen) atoms. The molecule has 1 aromatic heterocycles. The third kappa shape index (κ3) is 8.63. The zero-order valence-electron chi connectivity index (χ0n) is 16.9. The summed E-state index contributed by atoms with van der Waals surface area (Å²) in [6.07, 6.45) is 4.80. The summed E-state index contributed by atoms with van der Waals surface area (Å²) in [5.74, 6) is 0.707. The summed E-state index contributed by atoms with van der Waals surface area (Å²) >= 11 is 1.71. The van der Waals surface area contributed by atoms with E-state index in [1.807, 2.05) is 31.9 Å². The Morgan fingerprint density at radius 3 is 2.63 bits per heavy atom. The van der Waals surface area contributed by atoms with Gasteiger partial charge in [0.05, 0.1) is 6.54 Å². The molecule has 0 bridgehead atoms. The lowest BCUT2D eigenvalue weighted by Gasteiger charge is -2.27. The van der Waals surface area contributed by atoms with Crippen LogP contribution in [0.4, 0.5) is 4.79 Å². The van der Waals surface area contributed by atoms with Gasteiger partial charge in [0.1, 0.15) is 10.6 Å². The van der Waals surface area contributed by atoms with Crippen molar-refractivity contribution >= 4 is 47.4 Å². The molecule has 1 amide bonds. The Morgan fingerprint density at radius 1 is 1.41 bits per heavy atom. The van der Waals surface area contributed by atoms with Crippen LogP contribution in [0.15, 0.2) is 11.2 Å². The van der Waals surface area contributed by atoms with Crippen molar-refractivity contribution in [1.82, 2.24) is 20.5 Å². The maximum absolute atomic E-state index is 12.4. The molecule has 0 unspecified atom stereocenters. The van der Waals surface area contributed by atoms with Crippen molar-refractivity contribution in [3.8, 4) is 0 Å². The number of halogens is 1. The molecule has 0 spiro atoms. The second kappa shape index (κ2) is 11.0. The fourth-order valence-corrected chi connectivity index (χ4v) is 3.20. The number of carbonyl (C=O) groups excluding carboxylic acids is 1. The zero-order valence-corrected chi connectivity index (χ0v) is 20.0. The van der Waals surface area contributed by atoms with Gasteiger partial charge in [0.25, 0.3) is 0 Å². The van der Waals surface area contributed by atoms with E-state index in [9.17, 15) is 4.79 Å². The van der Waals surface area contributed by atoms with Gasteiger partial charge in [0, 0.05) is 37.3 Å². The van der Waals surface area contributed by atoms with Crippen LogP contribution in [-0.2, 0) is 17.7 Å². The highest BCUT2D eigenvalue weighted by atomic mass is 127. The fourth-order valence-electron chi connectivity index (χ4n) is 2.40. The van der Waals surface area contributed by atoms with Crippen LogP contribution in [-0.4, -0.2) is 53.7 Å². The zero-order chi connectivity index (χ0) is 19.2. The molecule has 1 aliphatic rings. The molecule has 154 valence electrons. The van der Waals surface area contributed by atoms with Crippen molar-refractivity contribution in [1.29, 1.82) is 0 Å². The maximum atomic E-state index is 12.4. The number of hydrogen-bond donors (Lipinski definition) is 2. The number of ether oxygens (including phenoxy) is 1. The van der Waals surface area contributed by atoms with Gasteiger partial charge in [-0.1, -0.05) is 6.92 Å². The Bertz CT molecular complexity index is 626. The van der Waals surface area contributed by atoms with Crippen molar-refractivity contribution in [3.05, 3.63) is 16.1 Å². The molecule has 0 atom stereocenters. The molecule has 9 heteroatoms. The van der Waals surface area contributed by atoms with Crippen molar-refractivity contribution < 1.29 is 9.53 Å². The minimum Gasteiger partial charge on any atom is -0.444 e. The van der Waals surface area contributed by atoms with Crippen LogP contribution in [0.2, 0.25) is 0 Å². The van der Waals surface area contributed by atoms with E-state index < -0.39 is 5.60 Å². The van der Waals surface area contributed by atoms with Crippen LogP contribution >= 0.6 is 35.3 Å². The topological polar surface area (TPSA) is 78.9 Å². The lowest BCUT2D eigenvalue weighted by atomic mass is 10.2. The normalized spacial score (nSPS) is 14.3. The molecule has 1 heterocycles. The van der Waals surface area contributed by atoms with Crippen molar-refractivity contribution in [2.75, 3.05) is 20.1 Å². The van der Waals surface area contributed by atoms with Crippen LogP contribution in [0, 0.1) is 0 Å². The number of aliphatic imine (C=N–C) groups is 1. The first-order valence-corrected chi connectivity index (χ1v) is 10.0. The van der Waals surface area contributed by atoms with Crippen LogP contribution < -0.4 is 10.6 Å². The summed E-state index contributed by atoms with van der Waals surface area (Å²) in [5, 5.41) is 7.56. The first-order chi connectivity index (χ1) is 12.3. The number of nitrogens with one attached hydrogen (secondary N) is 2.